The van der Waals surface area contributed by atoms with Gasteiger partial charge >= 0.3 is 0 Å². The maximum Gasteiger partial charge on any atom is 0.0158 e. The highest BCUT2D eigenvalue weighted by atomic mass is 32.2. The van der Waals surface area contributed by atoms with Crippen molar-refractivity contribution < 1.29 is 0 Å². The zero-order valence-electron chi connectivity index (χ0n) is 11.5. The van der Waals surface area contributed by atoms with Gasteiger partial charge in [0.2, 0.25) is 0 Å². The Morgan fingerprint density at radius 2 is 1.81 bits per heavy atom. The Morgan fingerprint density at radius 1 is 1.19 bits per heavy atom. The quantitative estimate of drug-likeness (QED) is 0.758. The predicted molar refractivity (Wildman–Crippen MR) is 76.2 cm³/mol. The first kappa shape index (κ1) is 14.4. The van der Waals surface area contributed by atoms with Gasteiger partial charge in [0.25, 0.3) is 0 Å². The molecule has 0 radical (unpaired) electrons. The van der Waals surface area contributed by atoms with E-state index in [4.69, 9.17) is 0 Å². The van der Waals surface area contributed by atoms with Gasteiger partial charge in [0.05, 0.1) is 0 Å². The first-order valence-corrected chi connectivity index (χ1v) is 8.31. The summed E-state index contributed by atoms with van der Waals surface area (Å²) in [5.74, 6) is 3.13. The number of thioether (sulfide) groups is 1. The molecule has 1 aliphatic carbocycles. The van der Waals surface area contributed by atoms with Crippen LogP contribution in [0.2, 0.25) is 0 Å². The zero-order valence-corrected chi connectivity index (χ0v) is 12.3. The molecule has 0 aromatic heterocycles. The van der Waals surface area contributed by atoms with E-state index in [1.54, 1.807) is 0 Å². The van der Waals surface area contributed by atoms with Crippen LogP contribution in [0.3, 0.4) is 0 Å². The highest BCUT2D eigenvalue weighted by Crippen LogP contribution is 2.30. The second kappa shape index (κ2) is 7.60. The third-order valence-corrected chi connectivity index (χ3v) is 4.78. The van der Waals surface area contributed by atoms with Crippen LogP contribution >= 0.6 is 11.8 Å². The minimum absolute atomic E-state index is 0.732. The summed E-state index contributed by atoms with van der Waals surface area (Å²) in [5.41, 5.74) is 0. The Balaban J connectivity index is 2.25. The maximum absolute atomic E-state index is 3.85. The lowest BCUT2D eigenvalue weighted by molar-refractivity contribution is 0.230. The Morgan fingerprint density at radius 3 is 2.25 bits per heavy atom. The second-order valence-corrected chi connectivity index (χ2v) is 6.49. The lowest BCUT2D eigenvalue weighted by Gasteiger charge is -2.33. The molecule has 0 bridgehead atoms. The van der Waals surface area contributed by atoms with Crippen LogP contribution in [0.15, 0.2) is 0 Å². The van der Waals surface area contributed by atoms with E-state index < -0.39 is 0 Å². The third-order valence-electron chi connectivity index (χ3n) is 4.05. The van der Waals surface area contributed by atoms with Crippen LogP contribution in [0.25, 0.3) is 0 Å². The normalized spacial score (nSPS) is 28.3. The topological polar surface area (TPSA) is 12.0 Å². The standard InChI is InChI=1S/C14H29NS/c1-5-13(10-16-4)15-14-8-6-12(7-9-14)11(2)3/h11-15H,5-10H2,1-4H3. The van der Waals surface area contributed by atoms with Crippen LogP contribution < -0.4 is 5.32 Å². The summed E-state index contributed by atoms with van der Waals surface area (Å²) >= 11 is 1.97. The molecule has 1 saturated carbocycles. The maximum atomic E-state index is 3.85. The van der Waals surface area contributed by atoms with E-state index in [1.807, 2.05) is 11.8 Å². The Kier molecular flexibility index (Phi) is 6.83. The molecule has 0 aromatic rings. The minimum atomic E-state index is 0.732. The first-order chi connectivity index (χ1) is 7.67. The molecule has 1 aliphatic rings. The second-order valence-electron chi connectivity index (χ2n) is 5.58. The highest BCUT2D eigenvalue weighted by molar-refractivity contribution is 7.98. The lowest BCUT2D eigenvalue weighted by Crippen LogP contribution is -2.41. The van der Waals surface area contributed by atoms with E-state index in [0.29, 0.717) is 0 Å². The van der Waals surface area contributed by atoms with Gasteiger partial charge in [0, 0.05) is 17.8 Å². The minimum Gasteiger partial charge on any atom is -0.310 e. The summed E-state index contributed by atoms with van der Waals surface area (Å²) in [6.45, 7) is 7.05. The molecule has 0 aliphatic heterocycles. The Bertz CT molecular complexity index is 174. The van der Waals surface area contributed by atoms with Gasteiger partial charge in [-0.25, -0.2) is 0 Å². The van der Waals surface area contributed by atoms with Crippen molar-refractivity contribution in [2.45, 2.75) is 65.0 Å². The summed E-state index contributed by atoms with van der Waals surface area (Å²) in [7, 11) is 0. The van der Waals surface area contributed by atoms with Gasteiger partial charge in [-0.15, -0.1) is 0 Å². The molecule has 1 unspecified atom stereocenters. The largest absolute Gasteiger partial charge is 0.310 e. The molecule has 0 aromatic carbocycles. The van der Waals surface area contributed by atoms with Crippen molar-refractivity contribution in [2.24, 2.45) is 11.8 Å². The smallest absolute Gasteiger partial charge is 0.0158 e. The number of rotatable bonds is 6. The first-order valence-electron chi connectivity index (χ1n) is 6.92. The summed E-state index contributed by atoms with van der Waals surface area (Å²) in [5, 5.41) is 3.85. The van der Waals surface area contributed by atoms with Crippen LogP contribution in [0.5, 0.6) is 0 Å². The number of nitrogens with one attached hydrogen (secondary N) is 1. The molecule has 1 N–H and O–H groups in total. The molecule has 0 spiro atoms. The van der Waals surface area contributed by atoms with Gasteiger partial charge in [-0.05, 0) is 50.2 Å². The zero-order chi connectivity index (χ0) is 12.0. The highest BCUT2D eigenvalue weighted by Gasteiger charge is 2.24. The molecule has 0 amide bonds. The summed E-state index contributed by atoms with van der Waals surface area (Å²) in [6, 6.07) is 1.53. The van der Waals surface area contributed by atoms with E-state index in [2.05, 4.69) is 32.3 Å². The van der Waals surface area contributed by atoms with Gasteiger partial charge in [0.1, 0.15) is 0 Å². The van der Waals surface area contributed by atoms with Crippen molar-refractivity contribution in [2.75, 3.05) is 12.0 Å². The molecule has 0 heterocycles. The Labute approximate surface area is 106 Å². The molecule has 0 saturated heterocycles. The molecule has 2 heteroatoms. The molecule has 1 rings (SSSR count). The molecular weight excluding hydrogens is 214 g/mol. The van der Waals surface area contributed by atoms with Gasteiger partial charge in [-0.2, -0.15) is 11.8 Å². The van der Waals surface area contributed by atoms with Crippen molar-refractivity contribution in [1.82, 2.24) is 5.32 Å². The van der Waals surface area contributed by atoms with Crippen LogP contribution in [-0.4, -0.2) is 24.1 Å². The third kappa shape index (κ3) is 4.67. The van der Waals surface area contributed by atoms with Crippen LogP contribution in [0.1, 0.15) is 52.9 Å². The van der Waals surface area contributed by atoms with E-state index in [0.717, 1.165) is 23.9 Å². The molecule has 16 heavy (non-hydrogen) atoms. The van der Waals surface area contributed by atoms with Crippen LogP contribution in [0.4, 0.5) is 0 Å². The van der Waals surface area contributed by atoms with Gasteiger partial charge in [-0.1, -0.05) is 20.8 Å². The SMILES string of the molecule is CCC(CSC)NC1CCC(C(C)C)CC1. The molecular formula is C14H29NS. The van der Waals surface area contributed by atoms with Gasteiger partial charge in [-0.3, -0.25) is 0 Å². The fraction of sp³-hybridized carbons (Fsp3) is 1.00. The predicted octanol–water partition coefficient (Wildman–Crippen LogP) is 3.93. The van der Waals surface area contributed by atoms with E-state index >= 15 is 0 Å². The van der Waals surface area contributed by atoms with E-state index in [-0.39, 0.29) is 0 Å². The van der Waals surface area contributed by atoms with Crippen molar-refractivity contribution in [1.29, 1.82) is 0 Å². The molecule has 96 valence electrons. The average Bonchev–Trinajstić information content (AvgIpc) is 2.29. The van der Waals surface area contributed by atoms with Gasteiger partial charge in [0.15, 0.2) is 0 Å². The summed E-state index contributed by atoms with van der Waals surface area (Å²) in [4.78, 5) is 0. The fourth-order valence-electron chi connectivity index (χ4n) is 2.77. The summed E-state index contributed by atoms with van der Waals surface area (Å²) < 4.78 is 0. The van der Waals surface area contributed by atoms with Crippen molar-refractivity contribution in [3.05, 3.63) is 0 Å². The van der Waals surface area contributed by atoms with E-state index in [9.17, 15) is 0 Å². The average molecular weight is 243 g/mol. The van der Waals surface area contributed by atoms with Gasteiger partial charge < -0.3 is 5.32 Å². The van der Waals surface area contributed by atoms with Crippen molar-refractivity contribution in [3.63, 3.8) is 0 Å². The molecule has 1 nitrogen and oxygen atoms in total. The van der Waals surface area contributed by atoms with Crippen molar-refractivity contribution in [3.8, 4) is 0 Å². The monoisotopic (exact) mass is 243 g/mol. The molecule has 1 fully saturated rings. The fourth-order valence-corrected chi connectivity index (χ4v) is 3.51. The number of hydrogen-bond acceptors (Lipinski definition) is 2. The summed E-state index contributed by atoms with van der Waals surface area (Å²) in [6.07, 6.45) is 9.14. The Hall–Kier alpha value is 0.310. The van der Waals surface area contributed by atoms with Crippen LogP contribution in [0, 0.1) is 11.8 Å². The van der Waals surface area contributed by atoms with Crippen LogP contribution in [-0.2, 0) is 0 Å². The van der Waals surface area contributed by atoms with E-state index in [1.165, 1.54) is 37.9 Å². The number of hydrogen-bond donors (Lipinski definition) is 1. The molecule has 1 atom stereocenters. The lowest BCUT2D eigenvalue weighted by atomic mass is 9.79. The van der Waals surface area contributed by atoms with Crippen molar-refractivity contribution >= 4 is 11.8 Å².